The van der Waals surface area contributed by atoms with E-state index in [1.807, 2.05) is 30.3 Å². The summed E-state index contributed by atoms with van der Waals surface area (Å²) in [7, 11) is 0. The summed E-state index contributed by atoms with van der Waals surface area (Å²) in [6.07, 6.45) is 0.105. The zero-order valence-electron chi connectivity index (χ0n) is 13.9. The van der Waals surface area contributed by atoms with Gasteiger partial charge in [-0.1, -0.05) is 42.5 Å². The molecule has 136 valence electrons. The van der Waals surface area contributed by atoms with Crippen LogP contribution >= 0.6 is 0 Å². The number of benzene rings is 2. The molecule has 7 heteroatoms. The summed E-state index contributed by atoms with van der Waals surface area (Å²) in [6, 6.07) is 14.6. The molecule has 1 heterocycles. The number of carbonyl (C=O) groups is 2. The second kappa shape index (κ2) is 7.95. The molecule has 2 amide bonds. The van der Waals surface area contributed by atoms with Crippen molar-refractivity contribution in [1.82, 2.24) is 10.2 Å². The predicted molar refractivity (Wildman–Crippen MR) is 90.9 cm³/mol. The molecular weight excluding hydrogens is 342 g/mol. The summed E-state index contributed by atoms with van der Waals surface area (Å²) in [5.41, 5.74) is 0.855. The Labute approximate surface area is 149 Å². The Bertz CT molecular complexity index is 783. The Kier molecular flexibility index (Phi) is 5.46. The number of rotatable bonds is 4. The van der Waals surface area contributed by atoms with Crippen molar-refractivity contribution in [2.24, 2.45) is 0 Å². The van der Waals surface area contributed by atoms with Crippen molar-refractivity contribution >= 4 is 11.8 Å². The van der Waals surface area contributed by atoms with Crippen LogP contribution < -0.4 is 10.1 Å². The molecule has 5 nitrogen and oxygen atoms in total. The Morgan fingerprint density at radius 2 is 1.81 bits per heavy atom. The highest BCUT2D eigenvalue weighted by Crippen LogP contribution is 2.30. The molecule has 2 aromatic rings. The highest BCUT2D eigenvalue weighted by molar-refractivity contribution is 5.97. The smallest absolute Gasteiger partial charge is 0.387 e. The maximum Gasteiger partial charge on any atom is 0.387 e. The molecule has 0 bridgehead atoms. The summed E-state index contributed by atoms with van der Waals surface area (Å²) in [5, 5.41) is 2.74. The van der Waals surface area contributed by atoms with Gasteiger partial charge in [0, 0.05) is 13.1 Å². The van der Waals surface area contributed by atoms with Gasteiger partial charge < -0.3 is 15.0 Å². The third-order valence-electron chi connectivity index (χ3n) is 4.21. The van der Waals surface area contributed by atoms with Gasteiger partial charge in [-0.15, -0.1) is 0 Å². The first-order valence-corrected chi connectivity index (χ1v) is 8.22. The number of alkyl halides is 2. The first kappa shape index (κ1) is 17.8. The van der Waals surface area contributed by atoms with Gasteiger partial charge in [0.25, 0.3) is 5.91 Å². The molecule has 2 aromatic carbocycles. The molecule has 26 heavy (non-hydrogen) atoms. The van der Waals surface area contributed by atoms with Crippen molar-refractivity contribution in [3.05, 3.63) is 65.7 Å². The molecule has 1 fully saturated rings. The van der Waals surface area contributed by atoms with Crippen molar-refractivity contribution < 1.29 is 23.1 Å². The van der Waals surface area contributed by atoms with Crippen molar-refractivity contribution in [3.8, 4) is 5.75 Å². The van der Waals surface area contributed by atoms with Crippen molar-refractivity contribution in [2.45, 2.75) is 19.1 Å². The molecule has 0 radical (unpaired) electrons. The quantitative estimate of drug-likeness (QED) is 0.912. The number of halogens is 2. The number of carbonyl (C=O) groups excluding carboxylic acids is 2. The lowest BCUT2D eigenvalue weighted by Crippen LogP contribution is -2.36. The zero-order chi connectivity index (χ0) is 18.5. The minimum atomic E-state index is -3.03. The van der Waals surface area contributed by atoms with Crippen molar-refractivity contribution in [3.63, 3.8) is 0 Å². The van der Waals surface area contributed by atoms with E-state index in [2.05, 4.69) is 10.1 Å². The van der Waals surface area contributed by atoms with E-state index in [1.54, 1.807) is 6.07 Å². The van der Waals surface area contributed by atoms with Gasteiger partial charge >= 0.3 is 6.61 Å². The molecule has 0 spiro atoms. The summed E-state index contributed by atoms with van der Waals surface area (Å²) in [6.45, 7) is -2.46. The molecular formula is C19H18F2N2O3. The van der Waals surface area contributed by atoms with Crippen LogP contribution in [-0.4, -0.2) is 36.4 Å². The van der Waals surface area contributed by atoms with Gasteiger partial charge in [-0.25, -0.2) is 0 Å². The van der Waals surface area contributed by atoms with Crippen LogP contribution in [0.3, 0.4) is 0 Å². The molecule has 1 aliphatic rings. The van der Waals surface area contributed by atoms with Crippen LogP contribution in [-0.2, 0) is 4.79 Å². The number of amides is 2. The number of ether oxygens (including phenoxy) is 1. The van der Waals surface area contributed by atoms with E-state index in [1.165, 1.54) is 23.1 Å². The van der Waals surface area contributed by atoms with E-state index in [9.17, 15) is 18.4 Å². The first-order valence-electron chi connectivity index (χ1n) is 8.22. The fraction of sp³-hybridized carbons (Fsp3) is 0.263. The minimum absolute atomic E-state index is 0.0445. The lowest BCUT2D eigenvalue weighted by Gasteiger charge is -2.30. The molecule has 0 aliphatic carbocycles. The zero-order valence-corrected chi connectivity index (χ0v) is 13.9. The van der Waals surface area contributed by atoms with E-state index >= 15 is 0 Å². The summed E-state index contributed by atoms with van der Waals surface area (Å²) in [4.78, 5) is 26.6. The van der Waals surface area contributed by atoms with Crippen molar-refractivity contribution in [2.75, 3.05) is 13.1 Å². The lowest BCUT2D eigenvalue weighted by atomic mass is 10.0. The normalized spacial score (nSPS) is 17.6. The average molecular weight is 360 g/mol. The molecule has 0 saturated carbocycles. The topological polar surface area (TPSA) is 58.6 Å². The Morgan fingerprint density at radius 1 is 1.12 bits per heavy atom. The molecule has 0 unspecified atom stereocenters. The number of nitrogens with zero attached hydrogens (tertiary/aromatic N) is 1. The largest absolute Gasteiger partial charge is 0.434 e. The predicted octanol–water partition coefficient (Wildman–Crippen LogP) is 2.99. The Hall–Kier alpha value is -2.96. The van der Waals surface area contributed by atoms with E-state index in [0.29, 0.717) is 6.54 Å². The fourth-order valence-electron chi connectivity index (χ4n) is 3.04. The maximum absolute atomic E-state index is 13.1. The van der Waals surface area contributed by atoms with Gasteiger partial charge in [-0.3, -0.25) is 9.59 Å². The van der Waals surface area contributed by atoms with E-state index < -0.39 is 18.6 Å². The van der Waals surface area contributed by atoms with Crippen LogP contribution in [0.2, 0.25) is 0 Å². The first-order chi connectivity index (χ1) is 12.6. The van der Waals surface area contributed by atoms with Crippen LogP contribution in [0.25, 0.3) is 0 Å². The fourth-order valence-corrected chi connectivity index (χ4v) is 3.04. The number of para-hydroxylation sites is 1. The average Bonchev–Trinajstić information content (AvgIpc) is 2.83. The number of hydrogen-bond acceptors (Lipinski definition) is 3. The third kappa shape index (κ3) is 3.99. The van der Waals surface area contributed by atoms with Gasteiger partial charge in [0.15, 0.2) is 0 Å². The van der Waals surface area contributed by atoms with E-state index in [-0.39, 0.29) is 30.2 Å². The standard InChI is InChI=1S/C19H18F2N2O3/c20-19(21)26-16-9-5-4-8-14(16)18(25)23-11-10-22-17(24)12-15(23)13-6-2-1-3-7-13/h1-9,15,19H,10-12H2,(H,22,24)/t15-/m1/s1. The van der Waals surface area contributed by atoms with E-state index in [4.69, 9.17) is 0 Å². The van der Waals surface area contributed by atoms with Gasteiger partial charge in [0.05, 0.1) is 18.0 Å². The molecule has 1 N–H and O–H groups in total. The molecule has 1 aliphatic heterocycles. The van der Waals surface area contributed by atoms with Crippen LogP contribution in [0.4, 0.5) is 8.78 Å². The Morgan fingerprint density at radius 3 is 2.54 bits per heavy atom. The number of nitrogens with one attached hydrogen (secondary N) is 1. The van der Waals surface area contributed by atoms with Gasteiger partial charge in [-0.05, 0) is 17.7 Å². The molecule has 0 aromatic heterocycles. The third-order valence-corrected chi connectivity index (χ3v) is 4.21. The molecule has 1 atom stereocenters. The highest BCUT2D eigenvalue weighted by Gasteiger charge is 2.31. The Balaban J connectivity index is 1.96. The monoisotopic (exact) mass is 360 g/mol. The summed E-state index contributed by atoms with van der Waals surface area (Å²) in [5.74, 6) is -0.791. The lowest BCUT2D eigenvalue weighted by molar-refractivity contribution is -0.121. The second-order valence-electron chi connectivity index (χ2n) is 5.85. The SMILES string of the molecule is O=C1C[C@H](c2ccccc2)N(C(=O)c2ccccc2OC(F)F)CCN1. The highest BCUT2D eigenvalue weighted by atomic mass is 19.3. The minimum Gasteiger partial charge on any atom is -0.434 e. The van der Waals surface area contributed by atoms with Crippen molar-refractivity contribution in [1.29, 1.82) is 0 Å². The molecule has 1 saturated heterocycles. The van der Waals surface area contributed by atoms with Gasteiger partial charge in [-0.2, -0.15) is 8.78 Å². The maximum atomic E-state index is 13.1. The van der Waals surface area contributed by atoms with E-state index in [0.717, 1.165) is 5.56 Å². The van der Waals surface area contributed by atoms with Crippen LogP contribution in [0.15, 0.2) is 54.6 Å². The number of hydrogen-bond donors (Lipinski definition) is 1. The molecule has 3 rings (SSSR count). The van der Waals surface area contributed by atoms with Gasteiger partial charge in [0.1, 0.15) is 5.75 Å². The summed E-state index contributed by atoms with van der Waals surface area (Å²) < 4.78 is 29.8. The van der Waals surface area contributed by atoms with Gasteiger partial charge in [0.2, 0.25) is 5.91 Å². The second-order valence-corrected chi connectivity index (χ2v) is 5.85. The van der Waals surface area contributed by atoms with Crippen LogP contribution in [0.5, 0.6) is 5.75 Å². The van der Waals surface area contributed by atoms with Crippen LogP contribution in [0.1, 0.15) is 28.4 Å². The summed E-state index contributed by atoms with van der Waals surface area (Å²) >= 11 is 0. The van der Waals surface area contributed by atoms with Crippen LogP contribution in [0, 0.1) is 0 Å².